The van der Waals surface area contributed by atoms with Crippen LogP contribution in [0.2, 0.25) is 8.67 Å². The van der Waals surface area contributed by atoms with Gasteiger partial charge in [-0.3, -0.25) is 0 Å². The maximum atomic E-state index is 6.27. The molecular formula is C15H15Cl2NOS. The zero-order chi connectivity index (χ0) is 14.1. The lowest BCUT2D eigenvalue weighted by Crippen LogP contribution is -2.17. The highest BCUT2D eigenvalue weighted by molar-refractivity contribution is 7.20. The van der Waals surface area contributed by atoms with Crippen molar-refractivity contribution in [1.82, 2.24) is 5.32 Å². The molecule has 1 atom stereocenters. The van der Waals surface area contributed by atoms with Crippen LogP contribution < -0.4 is 10.1 Å². The fourth-order valence-electron chi connectivity index (χ4n) is 2.20. The van der Waals surface area contributed by atoms with E-state index in [1.165, 1.54) is 11.3 Å². The Morgan fingerprint density at radius 1 is 1.30 bits per heavy atom. The Morgan fingerprint density at radius 2 is 2.10 bits per heavy atom. The molecule has 1 unspecified atom stereocenters. The van der Waals surface area contributed by atoms with E-state index in [1.807, 2.05) is 25.2 Å². The Kier molecular flexibility index (Phi) is 4.22. The Bertz CT molecular complexity index is 610. The van der Waals surface area contributed by atoms with Crippen molar-refractivity contribution < 1.29 is 4.74 Å². The fraction of sp³-hybridized carbons (Fsp3) is 0.333. The van der Waals surface area contributed by atoms with E-state index in [4.69, 9.17) is 27.9 Å². The van der Waals surface area contributed by atoms with Crippen molar-refractivity contribution >= 4 is 34.5 Å². The summed E-state index contributed by atoms with van der Waals surface area (Å²) in [4.78, 5) is 0. The Labute approximate surface area is 132 Å². The number of rotatable bonds is 5. The first-order valence-corrected chi connectivity index (χ1v) is 8.13. The molecule has 0 bridgehead atoms. The van der Waals surface area contributed by atoms with E-state index in [2.05, 4.69) is 17.4 Å². The lowest BCUT2D eigenvalue weighted by Gasteiger charge is -2.17. The molecule has 0 saturated heterocycles. The maximum absolute atomic E-state index is 6.27. The van der Waals surface area contributed by atoms with Crippen LogP contribution in [0.3, 0.4) is 0 Å². The minimum atomic E-state index is 0.0222. The standard InChI is InChI=1S/C15H15Cl2NOS/c1-18-14(12-8-13(16)20-15(12)17)9-3-2-4-11(7-9)19-10-5-6-10/h2-4,7-8,10,14,18H,5-6H2,1H3. The van der Waals surface area contributed by atoms with Crippen molar-refractivity contribution in [3.63, 3.8) is 0 Å². The topological polar surface area (TPSA) is 21.3 Å². The molecule has 1 aromatic carbocycles. The minimum absolute atomic E-state index is 0.0222. The van der Waals surface area contributed by atoms with Gasteiger partial charge in [-0.15, -0.1) is 11.3 Å². The fourth-order valence-corrected chi connectivity index (χ4v) is 3.73. The van der Waals surface area contributed by atoms with Gasteiger partial charge in [0.05, 0.1) is 20.8 Å². The van der Waals surface area contributed by atoms with Crippen LogP contribution in [0.1, 0.15) is 30.0 Å². The van der Waals surface area contributed by atoms with E-state index in [0.717, 1.165) is 34.1 Å². The molecule has 2 aromatic rings. The van der Waals surface area contributed by atoms with Crippen LogP contribution in [0.5, 0.6) is 5.75 Å². The molecule has 1 aliphatic rings. The van der Waals surface area contributed by atoms with Crippen molar-refractivity contribution in [2.24, 2.45) is 0 Å². The number of hydrogen-bond donors (Lipinski definition) is 1. The van der Waals surface area contributed by atoms with Gasteiger partial charge in [0.15, 0.2) is 0 Å². The first-order chi connectivity index (χ1) is 9.67. The predicted octanol–water partition coefficient (Wildman–Crippen LogP) is 4.90. The first kappa shape index (κ1) is 14.2. The summed E-state index contributed by atoms with van der Waals surface area (Å²) in [6.45, 7) is 0. The van der Waals surface area contributed by atoms with Crippen molar-refractivity contribution in [2.45, 2.75) is 25.0 Å². The largest absolute Gasteiger partial charge is 0.490 e. The highest BCUT2D eigenvalue weighted by Gasteiger charge is 2.24. The molecular weight excluding hydrogens is 313 g/mol. The molecule has 0 aliphatic heterocycles. The average molecular weight is 328 g/mol. The van der Waals surface area contributed by atoms with Crippen molar-refractivity contribution in [3.8, 4) is 5.75 Å². The van der Waals surface area contributed by atoms with Crippen LogP contribution in [0.4, 0.5) is 0 Å². The van der Waals surface area contributed by atoms with Crippen molar-refractivity contribution in [3.05, 3.63) is 50.1 Å². The van der Waals surface area contributed by atoms with Crippen LogP contribution in [0.25, 0.3) is 0 Å². The zero-order valence-electron chi connectivity index (χ0n) is 11.0. The van der Waals surface area contributed by atoms with Crippen molar-refractivity contribution in [2.75, 3.05) is 7.05 Å². The SMILES string of the molecule is CNC(c1cccc(OC2CC2)c1)c1cc(Cl)sc1Cl. The van der Waals surface area contributed by atoms with E-state index >= 15 is 0 Å². The zero-order valence-corrected chi connectivity index (χ0v) is 13.4. The van der Waals surface area contributed by atoms with Gasteiger partial charge in [-0.1, -0.05) is 35.3 Å². The van der Waals surface area contributed by atoms with Crippen LogP contribution in [0.15, 0.2) is 30.3 Å². The molecule has 3 rings (SSSR count). The molecule has 0 spiro atoms. The smallest absolute Gasteiger partial charge is 0.120 e. The predicted molar refractivity (Wildman–Crippen MR) is 85.3 cm³/mol. The first-order valence-electron chi connectivity index (χ1n) is 6.56. The molecule has 1 fully saturated rings. The molecule has 1 aliphatic carbocycles. The second-order valence-corrected chi connectivity index (χ2v) is 7.18. The third-order valence-corrected chi connectivity index (χ3v) is 4.82. The molecule has 1 saturated carbocycles. The molecule has 1 aromatic heterocycles. The van der Waals surface area contributed by atoms with Gasteiger partial charge in [-0.25, -0.2) is 0 Å². The summed E-state index contributed by atoms with van der Waals surface area (Å²) >= 11 is 13.7. The van der Waals surface area contributed by atoms with Crippen LogP contribution in [0, 0.1) is 0 Å². The van der Waals surface area contributed by atoms with E-state index in [-0.39, 0.29) is 6.04 Å². The third kappa shape index (κ3) is 3.12. The lowest BCUT2D eigenvalue weighted by molar-refractivity contribution is 0.302. The molecule has 0 radical (unpaired) electrons. The minimum Gasteiger partial charge on any atom is -0.490 e. The van der Waals surface area contributed by atoms with E-state index < -0.39 is 0 Å². The summed E-state index contributed by atoms with van der Waals surface area (Å²) in [5, 5.41) is 3.29. The Hall–Kier alpha value is -0.740. The molecule has 1 N–H and O–H groups in total. The molecule has 2 nitrogen and oxygen atoms in total. The summed E-state index contributed by atoms with van der Waals surface area (Å²) in [6, 6.07) is 10.1. The molecule has 1 heterocycles. The van der Waals surface area contributed by atoms with Gasteiger partial charge in [0.1, 0.15) is 5.75 Å². The number of ether oxygens (including phenoxy) is 1. The van der Waals surface area contributed by atoms with Gasteiger partial charge < -0.3 is 10.1 Å². The van der Waals surface area contributed by atoms with Gasteiger partial charge in [-0.2, -0.15) is 0 Å². The summed E-state index contributed by atoms with van der Waals surface area (Å²) in [6.07, 6.45) is 2.72. The highest BCUT2D eigenvalue weighted by Crippen LogP contribution is 2.38. The quantitative estimate of drug-likeness (QED) is 0.842. The van der Waals surface area contributed by atoms with Crippen LogP contribution >= 0.6 is 34.5 Å². The van der Waals surface area contributed by atoms with Crippen LogP contribution in [-0.2, 0) is 0 Å². The second kappa shape index (κ2) is 5.94. The average Bonchev–Trinajstić information content (AvgIpc) is 3.16. The van der Waals surface area contributed by atoms with Crippen LogP contribution in [-0.4, -0.2) is 13.2 Å². The Morgan fingerprint density at radius 3 is 2.70 bits per heavy atom. The normalized spacial score (nSPS) is 16.1. The third-order valence-electron chi connectivity index (χ3n) is 3.30. The van der Waals surface area contributed by atoms with E-state index in [0.29, 0.717) is 10.4 Å². The van der Waals surface area contributed by atoms with Gasteiger partial charge in [0.2, 0.25) is 0 Å². The maximum Gasteiger partial charge on any atom is 0.120 e. The summed E-state index contributed by atoms with van der Waals surface area (Å²) in [5.74, 6) is 0.919. The van der Waals surface area contributed by atoms with Gasteiger partial charge in [-0.05, 0) is 43.7 Å². The van der Waals surface area contributed by atoms with Gasteiger partial charge in [0.25, 0.3) is 0 Å². The number of nitrogens with one attached hydrogen (secondary N) is 1. The number of halogens is 2. The number of hydrogen-bond acceptors (Lipinski definition) is 3. The van der Waals surface area contributed by atoms with Gasteiger partial charge >= 0.3 is 0 Å². The Balaban J connectivity index is 1.90. The number of thiophene rings is 1. The molecule has 106 valence electrons. The lowest BCUT2D eigenvalue weighted by atomic mass is 10.0. The number of benzene rings is 1. The van der Waals surface area contributed by atoms with Crippen molar-refractivity contribution in [1.29, 1.82) is 0 Å². The monoisotopic (exact) mass is 327 g/mol. The van der Waals surface area contributed by atoms with E-state index in [1.54, 1.807) is 0 Å². The molecule has 5 heteroatoms. The summed E-state index contributed by atoms with van der Waals surface area (Å²) in [7, 11) is 1.92. The van der Waals surface area contributed by atoms with Gasteiger partial charge in [0, 0.05) is 5.56 Å². The summed E-state index contributed by atoms with van der Waals surface area (Å²) in [5.41, 5.74) is 2.13. The molecule has 20 heavy (non-hydrogen) atoms. The highest BCUT2D eigenvalue weighted by atomic mass is 35.5. The molecule has 0 amide bonds. The second-order valence-electron chi connectivity index (χ2n) is 4.89. The van der Waals surface area contributed by atoms with E-state index in [9.17, 15) is 0 Å². The summed E-state index contributed by atoms with van der Waals surface area (Å²) < 4.78 is 7.28.